The van der Waals surface area contributed by atoms with Crippen LogP contribution < -0.4 is 10.5 Å². The summed E-state index contributed by atoms with van der Waals surface area (Å²) in [6.07, 6.45) is -3.69. The Bertz CT molecular complexity index is 515. The lowest BCUT2D eigenvalue weighted by Gasteiger charge is -2.10. The minimum atomic E-state index is -4.58. The molecule has 4 nitrogen and oxygen atoms in total. The van der Waals surface area contributed by atoms with Gasteiger partial charge in [-0.15, -0.1) is 0 Å². The van der Waals surface area contributed by atoms with Gasteiger partial charge in [0.1, 0.15) is 5.56 Å². The van der Waals surface area contributed by atoms with Crippen LogP contribution in [-0.4, -0.2) is 18.0 Å². The quantitative estimate of drug-likeness (QED) is 0.814. The van der Waals surface area contributed by atoms with Crippen molar-refractivity contribution < 1.29 is 22.7 Å². The third kappa shape index (κ3) is 3.66. The second-order valence-corrected chi connectivity index (χ2v) is 3.22. The van der Waals surface area contributed by atoms with Crippen LogP contribution in [0, 0.1) is 11.8 Å². The van der Waals surface area contributed by atoms with Crippen LogP contribution >= 0.6 is 0 Å². The van der Waals surface area contributed by atoms with E-state index in [-0.39, 0.29) is 12.0 Å². The largest absolute Gasteiger partial charge is 0.481 e. The number of nitrogens with zero attached hydrogens (tertiary/aromatic N) is 1. The second kappa shape index (κ2) is 5.40. The molecule has 0 atom stereocenters. The summed E-state index contributed by atoms with van der Waals surface area (Å²) in [6, 6.07) is 0.805. The van der Waals surface area contributed by atoms with Gasteiger partial charge in [-0.25, -0.2) is 4.98 Å². The highest BCUT2D eigenvalue weighted by molar-refractivity contribution is 5.76. The summed E-state index contributed by atoms with van der Waals surface area (Å²) in [5.41, 5.74) is 3.86. The molecule has 0 bridgehead atoms. The van der Waals surface area contributed by atoms with Gasteiger partial charge >= 0.3 is 6.18 Å². The number of amides is 1. The number of ether oxygens (including phenoxy) is 1. The second-order valence-electron chi connectivity index (χ2n) is 3.22. The molecule has 0 radical (unpaired) electrons. The fourth-order valence-electron chi connectivity index (χ4n) is 1.12. The first-order chi connectivity index (χ1) is 8.34. The zero-order valence-electron chi connectivity index (χ0n) is 9.34. The maximum absolute atomic E-state index is 12.6. The van der Waals surface area contributed by atoms with Gasteiger partial charge in [-0.1, -0.05) is 11.8 Å². The van der Waals surface area contributed by atoms with Crippen molar-refractivity contribution in [2.75, 3.05) is 7.11 Å². The predicted octanol–water partition coefficient (Wildman–Crippen LogP) is 1.34. The first-order valence-electron chi connectivity index (χ1n) is 4.73. The van der Waals surface area contributed by atoms with E-state index in [0.29, 0.717) is 0 Å². The standard InChI is InChI=1S/C11H9F3N2O2/c1-18-10-8(11(12,13)14)5-7(6-16-10)3-2-4-9(15)17/h5-6H,4H2,1H3,(H2,15,17). The van der Waals surface area contributed by atoms with Crippen LogP contribution in [0.15, 0.2) is 12.3 Å². The summed E-state index contributed by atoms with van der Waals surface area (Å²) < 4.78 is 42.4. The Morgan fingerprint density at radius 2 is 2.22 bits per heavy atom. The Kier molecular flexibility index (Phi) is 4.15. The molecule has 0 aliphatic carbocycles. The highest BCUT2D eigenvalue weighted by Gasteiger charge is 2.35. The molecular formula is C11H9F3N2O2. The van der Waals surface area contributed by atoms with Crippen molar-refractivity contribution >= 4 is 5.91 Å². The molecule has 0 aromatic carbocycles. The van der Waals surface area contributed by atoms with Gasteiger partial charge < -0.3 is 10.5 Å². The number of alkyl halides is 3. The zero-order valence-corrected chi connectivity index (χ0v) is 9.34. The smallest absolute Gasteiger partial charge is 0.421 e. The molecule has 0 saturated heterocycles. The Hall–Kier alpha value is -2.23. The number of hydrogen-bond acceptors (Lipinski definition) is 3. The molecule has 2 N–H and O–H groups in total. The Labute approximate surface area is 101 Å². The van der Waals surface area contributed by atoms with Gasteiger partial charge in [0.25, 0.3) is 0 Å². The van der Waals surface area contributed by atoms with Crippen molar-refractivity contribution in [1.29, 1.82) is 0 Å². The van der Waals surface area contributed by atoms with Gasteiger partial charge in [0, 0.05) is 11.8 Å². The number of carbonyl (C=O) groups excluding carboxylic acids is 1. The van der Waals surface area contributed by atoms with Crippen LogP contribution in [0.2, 0.25) is 0 Å². The average Bonchev–Trinajstić information content (AvgIpc) is 2.27. The highest BCUT2D eigenvalue weighted by Crippen LogP contribution is 2.35. The van der Waals surface area contributed by atoms with Crippen LogP contribution in [0.5, 0.6) is 5.88 Å². The highest BCUT2D eigenvalue weighted by atomic mass is 19.4. The first kappa shape index (κ1) is 13.8. The van der Waals surface area contributed by atoms with Crippen molar-refractivity contribution in [2.24, 2.45) is 5.73 Å². The number of hydrogen-bond donors (Lipinski definition) is 1. The summed E-state index contributed by atoms with van der Waals surface area (Å²) in [6.45, 7) is 0. The van der Waals surface area contributed by atoms with Gasteiger partial charge in [0.05, 0.1) is 13.5 Å². The lowest BCUT2D eigenvalue weighted by atomic mass is 10.2. The SMILES string of the molecule is COc1ncc(C#CCC(N)=O)cc1C(F)(F)F. The topological polar surface area (TPSA) is 65.2 Å². The van der Waals surface area contributed by atoms with Crippen molar-refractivity contribution in [3.05, 3.63) is 23.4 Å². The van der Waals surface area contributed by atoms with Crippen molar-refractivity contribution in [2.45, 2.75) is 12.6 Å². The number of nitrogens with two attached hydrogens (primary N) is 1. The van der Waals surface area contributed by atoms with Gasteiger partial charge in [-0.2, -0.15) is 13.2 Å². The molecule has 1 heterocycles. The van der Waals surface area contributed by atoms with Crippen LogP contribution in [0.3, 0.4) is 0 Å². The van der Waals surface area contributed by atoms with Crippen molar-refractivity contribution in [1.82, 2.24) is 4.98 Å². The molecule has 7 heteroatoms. The molecule has 0 aliphatic heterocycles. The molecule has 1 rings (SSSR count). The summed E-state index contributed by atoms with van der Waals surface area (Å²) in [5, 5.41) is 0. The Morgan fingerprint density at radius 3 is 2.72 bits per heavy atom. The van der Waals surface area contributed by atoms with E-state index < -0.39 is 23.5 Å². The number of pyridine rings is 1. The van der Waals surface area contributed by atoms with Crippen LogP contribution in [0.1, 0.15) is 17.5 Å². The zero-order chi connectivity index (χ0) is 13.8. The number of rotatable bonds is 2. The lowest BCUT2D eigenvalue weighted by molar-refractivity contribution is -0.139. The maximum atomic E-state index is 12.6. The minimum Gasteiger partial charge on any atom is -0.481 e. The average molecular weight is 258 g/mol. The van der Waals surface area contributed by atoms with Crippen LogP contribution in [-0.2, 0) is 11.0 Å². The fourth-order valence-corrected chi connectivity index (χ4v) is 1.12. The first-order valence-corrected chi connectivity index (χ1v) is 4.73. The monoisotopic (exact) mass is 258 g/mol. The lowest BCUT2D eigenvalue weighted by Crippen LogP contribution is -2.09. The molecule has 0 saturated carbocycles. The number of primary amides is 1. The van der Waals surface area contributed by atoms with Crippen molar-refractivity contribution in [3.63, 3.8) is 0 Å². The summed E-state index contributed by atoms with van der Waals surface area (Å²) in [5.74, 6) is 3.54. The van der Waals surface area contributed by atoms with E-state index in [1.54, 1.807) is 0 Å². The summed E-state index contributed by atoms with van der Waals surface area (Å²) in [7, 11) is 1.09. The van der Waals surface area contributed by atoms with E-state index in [4.69, 9.17) is 5.73 Å². The normalized spacial score (nSPS) is 10.4. The number of aromatic nitrogens is 1. The molecule has 0 spiro atoms. The van der Waals surface area contributed by atoms with E-state index in [1.807, 2.05) is 0 Å². The van der Waals surface area contributed by atoms with Gasteiger partial charge in [-0.05, 0) is 6.07 Å². The van der Waals surface area contributed by atoms with Gasteiger partial charge in [-0.3, -0.25) is 4.79 Å². The number of carbonyl (C=O) groups is 1. The maximum Gasteiger partial charge on any atom is 0.421 e. The molecule has 96 valence electrons. The molecule has 0 unspecified atom stereocenters. The third-order valence-corrected chi connectivity index (χ3v) is 1.85. The van der Waals surface area contributed by atoms with Crippen molar-refractivity contribution in [3.8, 4) is 17.7 Å². The van der Waals surface area contributed by atoms with Crippen LogP contribution in [0.25, 0.3) is 0 Å². The number of methoxy groups -OCH3 is 1. The van der Waals surface area contributed by atoms with Gasteiger partial charge in [0.2, 0.25) is 11.8 Å². The Morgan fingerprint density at radius 1 is 1.56 bits per heavy atom. The van der Waals surface area contributed by atoms with E-state index in [0.717, 1.165) is 19.4 Å². The fraction of sp³-hybridized carbons (Fsp3) is 0.273. The van der Waals surface area contributed by atoms with E-state index >= 15 is 0 Å². The molecular weight excluding hydrogens is 249 g/mol. The van der Waals surface area contributed by atoms with E-state index in [9.17, 15) is 18.0 Å². The summed E-state index contributed by atoms with van der Waals surface area (Å²) >= 11 is 0. The van der Waals surface area contributed by atoms with Crippen LogP contribution in [0.4, 0.5) is 13.2 Å². The predicted molar refractivity (Wildman–Crippen MR) is 56.5 cm³/mol. The van der Waals surface area contributed by atoms with E-state index in [1.165, 1.54) is 0 Å². The summed E-state index contributed by atoms with van der Waals surface area (Å²) in [4.78, 5) is 13.9. The molecule has 0 fully saturated rings. The minimum absolute atomic E-state index is 0.0318. The number of halogens is 3. The van der Waals surface area contributed by atoms with Gasteiger partial charge in [0.15, 0.2) is 0 Å². The molecule has 18 heavy (non-hydrogen) atoms. The molecule has 1 aromatic heterocycles. The van der Waals surface area contributed by atoms with E-state index in [2.05, 4.69) is 21.6 Å². The molecule has 1 aromatic rings. The molecule has 0 aliphatic rings. The third-order valence-electron chi connectivity index (χ3n) is 1.85. The Balaban J connectivity index is 3.10. The molecule has 1 amide bonds.